The number of unbranched alkanes of at least 4 members (excludes halogenated alkanes) is 1. The van der Waals surface area contributed by atoms with Gasteiger partial charge in [-0.2, -0.15) is 0 Å². The van der Waals surface area contributed by atoms with E-state index in [9.17, 15) is 0 Å². The van der Waals surface area contributed by atoms with Crippen molar-refractivity contribution in [1.29, 1.82) is 0 Å². The highest BCUT2D eigenvalue weighted by atomic mass is 79.9. The fraction of sp³-hybridized carbons (Fsp3) is 0.571. The molecule has 2 N–H and O–H groups in total. The third-order valence-electron chi connectivity index (χ3n) is 2.79. The lowest BCUT2D eigenvalue weighted by Crippen LogP contribution is -2.20. The van der Waals surface area contributed by atoms with Crippen LogP contribution in [0.5, 0.6) is 0 Å². The molecule has 0 fully saturated rings. The van der Waals surface area contributed by atoms with Crippen molar-refractivity contribution in [3.8, 4) is 0 Å². The van der Waals surface area contributed by atoms with Crippen molar-refractivity contribution in [2.24, 2.45) is 5.73 Å². The molecule has 0 spiro atoms. The maximum atomic E-state index is 5.73. The van der Waals surface area contributed by atoms with E-state index in [-0.39, 0.29) is 0 Å². The number of rotatable bonds is 7. The predicted octanol–water partition coefficient (Wildman–Crippen LogP) is 3.40. The first-order chi connectivity index (χ1) is 8.08. The lowest BCUT2D eigenvalue weighted by molar-refractivity contribution is 0.316. The van der Waals surface area contributed by atoms with E-state index in [1.165, 1.54) is 18.4 Å². The Kier molecular flexibility index (Phi) is 6.78. The molecule has 0 aliphatic heterocycles. The quantitative estimate of drug-likeness (QED) is 0.782. The summed E-state index contributed by atoms with van der Waals surface area (Å²) in [4.78, 5) is 2.36. The monoisotopic (exact) mass is 298 g/mol. The van der Waals surface area contributed by atoms with E-state index >= 15 is 0 Å². The van der Waals surface area contributed by atoms with Crippen molar-refractivity contribution in [3.05, 3.63) is 34.3 Å². The molecule has 1 aromatic carbocycles. The summed E-state index contributed by atoms with van der Waals surface area (Å²) in [6.45, 7) is 4.22. The maximum absolute atomic E-state index is 5.73. The molecule has 96 valence electrons. The summed E-state index contributed by atoms with van der Waals surface area (Å²) in [5.74, 6) is 0. The second-order valence-corrected chi connectivity index (χ2v) is 5.76. The van der Waals surface area contributed by atoms with Crippen LogP contribution in [-0.2, 0) is 6.54 Å². The Morgan fingerprint density at radius 3 is 2.76 bits per heavy atom. The lowest BCUT2D eigenvalue weighted by atomic mass is 10.1. The van der Waals surface area contributed by atoms with Crippen LogP contribution in [0.25, 0.3) is 0 Å². The minimum absolute atomic E-state index is 0.338. The van der Waals surface area contributed by atoms with Gasteiger partial charge < -0.3 is 10.6 Å². The summed E-state index contributed by atoms with van der Waals surface area (Å²) in [5.41, 5.74) is 7.09. The van der Waals surface area contributed by atoms with E-state index in [0.29, 0.717) is 6.04 Å². The van der Waals surface area contributed by atoms with Gasteiger partial charge in [-0.05, 0) is 51.1 Å². The van der Waals surface area contributed by atoms with Crippen molar-refractivity contribution in [2.45, 2.75) is 38.8 Å². The normalized spacial score (nSPS) is 13.0. The molecule has 17 heavy (non-hydrogen) atoms. The number of hydrogen-bond donors (Lipinski definition) is 1. The number of nitrogens with two attached hydrogens (primary N) is 1. The average Bonchev–Trinajstić information content (AvgIpc) is 2.24. The van der Waals surface area contributed by atoms with Gasteiger partial charge in [0, 0.05) is 17.1 Å². The average molecular weight is 299 g/mol. The summed E-state index contributed by atoms with van der Waals surface area (Å²) in [7, 11) is 2.17. The zero-order valence-electron chi connectivity index (χ0n) is 10.8. The first-order valence-corrected chi connectivity index (χ1v) is 7.06. The maximum Gasteiger partial charge on any atom is 0.0231 e. The SMILES string of the molecule is CC(N)CCCCN(C)Cc1cccc(Br)c1. The Morgan fingerprint density at radius 2 is 2.12 bits per heavy atom. The molecule has 1 atom stereocenters. The van der Waals surface area contributed by atoms with Gasteiger partial charge in [-0.25, -0.2) is 0 Å². The molecule has 0 amide bonds. The summed E-state index contributed by atoms with van der Waals surface area (Å²) in [6, 6.07) is 8.84. The third-order valence-corrected chi connectivity index (χ3v) is 3.28. The van der Waals surface area contributed by atoms with Gasteiger partial charge in [0.25, 0.3) is 0 Å². The third kappa shape index (κ3) is 6.81. The summed E-state index contributed by atoms with van der Waals surface area (Å²) >= 11 is 3.50. The first-order valence-electron chi connectivity index (χ1n) is 6.26. The molecule has 2 nitrogen and oxygen atoms in total. The molecule has 0 heterocycles. The first kappa shape index (κ1) is 14.7. The van der Waals surface area contributed by atoms with Crippen LogP contribution in [0.4, 0.5) is 0 Å². The van der Waals surface area contributed by atoms with E-state index in [2.05, 4.69) is 59.1 Å². The highest BCUT2D eigenvalue weighted by Crippen LogP contribution is 2.13. The number of benzene rings is 1. The van der Waals surface area contributed by atoms with Crippen molar-refractivity contribution in [1.82, 2.24) is 4.90 Å². The van der Waals surface area contributed by atoms with Crippen LogP contribution in [0.1, 0.15) is 31.7 Å². The molecule has 0 radical (unpaired) electrons. The van der Waals surface area contributed by atoms with E-state index in [1.807, 2.05) is 0 Å². The van der Waals surface area contributed by atoms with Gasteiger partial charge in [0.05, 0.1) is 0 Å². The Hall–Kier alpha value is -0.380. The molecule has 1 rings (SSSR count). The van der Waals surface area contributed by atoms with E-state index in [4.69, 9.17) is 5.73 Å². The van der Waals surface area contributed by atoms with Crippen LogP contribution in [0.2, 0.25) is 0 Å². The molecular formula is C14H23BrN2. The number of nitrogens with zero attached hydrogens (tertiary/aromatic N) is 1. The Balaban J connectivity index is 2.23. The van der Waals surface area contributed by atoms with Gasteiger partial charge >= 0.3 is 0 Å². The standard InChI is InChI=1S/C14H23BrN2/c1-12(16)6-3-4-9-17(2)11-13-7-5-8-14(15)10-13/h5,7-8,10,12H,3-4,6,9,11,16H2,1-2H3. The molecule has 3 heteroatoms. The van der Waals surface area contributed by atoms with Gasteiger partial charge in [0.1, 0.15) is 0 Å². The van der Waals surface area contributed by atoms with Crippen LogP contribution in [0, 0.1) is 0 Å². The largest absolute Gasteiger partial charge is 0.328 e. The fourth-order valence-electron chi connectivity index (χ4n) is 1.87. The molecule has 1 aromatic rings. The summed E-state index contributed by atoms with van der Waals surface area (Å²) < 4.78 is 1.15. The van der Waals surface area contributed by atoms with Gasteiger partial charge in [0.15, 0.2) is 0 Å². The fourth-order valence-corrected chi connectivity index (χ4v) is 2.32. The number of hydrogen-bond acceptors (Lipinski definition) is 2. The molecule has 1 unspecified atom stereocenters. The minimum Gasteiger partial charge on any atom is -0.328 e. The van der Waals surface area contributed by atoms with E-state index in [1.54, 1.807) is 0 Å². The Morgan fingerprint density at radius 1 is 1.35 bits per heavy atom. The van der Waals surface area contributed by atoms with Crippen LogP contribution >= 0.6 is 15.9 Å². The van der Waals surface area contributed by atoms with Gasteiger partial charge in [-0.15, -0.1) is 0 Å². The topological polar surface area (TPSA) is 29.3 Å². The second-order valence-electron chi connectivity index (χ2n) is 4.84. The predicted molar refractivity (Wildman–Crippen MR) is 78.0 cm³/mol. The van der Waals surface area contributed by atoms with E-state index in [0.717, 1.165) is 24.0 Å². The van der Waals surface area contributed by atoms with Crippen LogP contribution in [0.15, 0.2) is 28.7 Å². The Labute approximate surface area is 113 Å². The van der Waals surface area contributed by atoms with Crippen molar-refractivity contribution in [3.63, 3.8) is 0 Å². The highest BCUT2D eigenvalue weighted by Gasteiger charge is 2.01. The smallest absolute Gasteiger partial charge is 0.0231 e. The summed E-state index contributed by atoms with van der Waals surface area (Å²) in [5, 5.41) is 0. The molecule has 0 aliphatic rings. The van der Waals surface area contributed by atoms with Crippen LogP contribution in [-0.4, -0.2) is 24.5 Å². The highest BCUT2D eigenvalue weighted by molar-refractivity contribution is 9.10. The molecule has 0 bridgehead atoms. The van der Waals surface area contributed by atoms with Gasteiger partial charge in [0.2, 0.25) is 0 Å². The zero-order valence-corrected chi connectivity index (χ0v) is 12.4. The van der Waals surface area contributed by atoms with E-state index < -0.39 is 0 Å². The molecule has 0 saturated carbocycles. The van der Waals surface area contributed by atoms with Crippen molar-refractivity contribution < 1.29 is 0 Å². The van der Waals surface area contributed by atoms with Gasteiger partial charge in [-0.1, -0.05) is 34.5 Å². The Bertz CT molecular complexity index is 326. The second kappa shape index (κ2) is 7.85. The van der Waals surface area contributed by atoms with Crippen molar-refractivity contribution in [2.75, 3.05) is 13.6 Å². The molecule has 0 saturated heterocycles. The summed E-state index contributed by atoms with van der Waals surface area (Å²) in [6.07, 6.45) is 3.58. The van der Waals surface area contributed by atoms with Crippen molar-refractivity contribution >= 4 is 15.9 Å². The number of halogens is 1. The van der Waals surface area contributed by atoms with Crippen LogP contribution < -0.4 is 5.73 Å². The van der Waals surface area contributed by atoms with Crippen LogP contribution in [0.3, 0.4) is 0 Å². The molecule has 0 aromatic heterocycles. The molecule has 0 aliphatic carbocycles. The minimum atomic E-state index is 0.338. The zero-order chi connectivity index (χ0) is 12.7. The lowest BCUT2D eigenvalue weighted by Gasteiger charge is -2.17. The van der Waals surface area contributed by atoms with Gasteiger partial charge in [-0.3, -0.25) is 0 Å². The molecular weight excluding hydrogens is 276 g/mol.